The quantitative estimate of drug-likeness (QED) is 0.632. The van der Waals surface area contributed by atoms with Gasteiger partial charge in [0.2, 0.25) is 5.88 Å². The van der Waals surface area contributed by atoms with Crippen LogP contribution in [0, 0.1) is 0 Å². The van der Waals surface area contributed by atoms with Crippen LogP contribution in [0.15, 0.2) is 16.9 Å². The maximum atomic E-state index is 11.2. The number of fused-ring (bicyclic) bond motifs is 1. The summed E-state index contributed by atoms with van der Waals surface area (Å²) in [4.78, 5) is 11.2. The second kappa shape index (κ2) is 4.09. The van der Waals surface area contributed by atoms with Gasteiger partial charge in [0.05, 0.1) is 0 Å². The molecule has 2 aromatic heterocycles. The standard InChI is InChI=1S/C8H11N5O2/c1-9-4-5-15-7-3-2-6-10-11-8(14)13(6)12-7/h2-3,9H,4-5H2,1H3,(H,11,14). The van der Waals surface area contributed by atoms with Gasteiger partial charge in [-0.2, -0.15) is 9.61 Å². The number of aromatic nitrogens is 4. The Bertz CT molecular complexity index is 503. The number of hydrogen-bond donors (Lipinski definition) is 2. The first-order valence-corrected chi connectivity index (χ1v) is 4.53. The van der Waals surface area contributed by atoms with Crippen molar-refractivity contribution in [3.05, 3.63) is 22.6 Å². The van der Waals surface area contributed by atoms with Crippen LogP contribution in [0.4, 0.5) is 0 Å². The second-order valence-corrected chi connectivity index (χ2v) is 2.92. The van der Waals surface area contributed by atoms with E-state index in [1.807, 2.05) is 7.05 Å². The maximum Gasteiger partial charge on any atom is 0.364 e. The Hall–Kier alpha value is -1.89. The van der Waals surface area contributed by atoms with Crippen LogP contribution >= 0.6 is 0 Å². The fourth-order valence-electron chi connectivity index (χ4n) is 1.12. The summed E-state index contributed by atoms with van der Waals surface area (Å²) in [6.45, 7) is 1.22. The highest BCUT2D eigenvalue weighted by atomic mass is 16.5. The molecule has 80 valence electrons. The lowest BCUT2D eigenvalue weighted by molar-refractivity contribution is 0.301. The lowest BCUT2D eigenvalue weighted by atomic mass is 10.5. The SMILES string of the molecule is CNCCOc1ccc2n[nH]c(=O)n2n1. The summed E-state index contributed by atoms with van der Waals surface area (Å²) in [6, 6.07) is 3.34. The van der Waals surface area contributed by atoms with Gasteiger partial charge in [-0.3, -0.25) is 0 Å². The minimum absolute atomic E-state index is 0.371. The van der Waals surface area contributed by atoms with Crippen LogP contribution in [-0.2, 0) is 0 Å². The molecule has 0 radical (unpaired) electrons. The topological polar surface area (TPSA) is 84.3 Å². The molecule has 2 rings (SSSR count). The summed E-state index contributed by atoms with van der Waals surface area (Å²) in [7, 11) is 1.83. The van der Waals surface area contributed by atoms with Gasteiger partial charge < -0.3 is 10.1 Å². The van der Waals surface area contributed by atoms with Gasteiger partial charge in [0.25, 0.3) is 0 Å². The minimum atomic E-state index is -0.371. The molecular weight excluding hydrogens is 198 g/mol. The van der Waals surface area contributed by atoms with E-state index < -0.39 is 0 Å². The van der Waals surface area contributed by atoms with Crippen molar-refractivity contribution in [1.82, 2.24) is 25.1 Å². The Balaban J connectivity index is 2.22. The molecular formula is C8H11N5O2. The fourth-order valence-corrected chi connectivity index (χ4v) is 1.12. The minimum Gasteiger partial charge on any atom is -0.475 e. The van der Waals surface area contributed by atoms with E-state index in [-0.39, 0.29) is 5.69 Å². The van der Waals surface area contributed by atoms with Crippen LogP contribution in [-0.4, -0.2) is 40.0 Å². The van der Waals surface area contributed by atoms with Gasteiger partial charge in [-0.1, -0.05) is 0 Å². The normalized spacial score (nSPS) is 10.7. The van der Waals surface area contributed by atoms with Crippen molar-refractivity contribution in [2.45, 2.75) is 0 Å². The van der Waals surface area contributed by atoms with Gasteiger partial charge >= 0.3 is 5.69 Å². The van der Waals surface area contributed by atoms with Gasteiger partial charge in [0, 0.05) is 12.6 Å². The van der Waals surface area contributed by atoms with Crippen molar-refractivity contribution in [3.63, 3.8) is 0 Å². The summed E-state index contributed by atoms with van der Waals surface area (Å²) in [5, 5.41) is 13.0. The largest absolute Gasteiger partial charge is 0.475 e. The maximum absolute atomic E-state index is 11.2. The molecule has 15 heavy (non-hydrogen) atoms. The molecule has 7 heteroatoms. The van der Waals surface area contributed by atoms with Crippen molar-refractivity contribution >= 4 is 5.65 Å². The summed E-state index contributed by atoms with van der Waals surface area (Å²) in [6.07, 6.45) is 0. The van der Waals surface area contributed by atoms with Gasteiger partial charge in [-0.05, 0) is 13.1 Å². The van der Waals surface area contributed by atoms with Crippen LogP contribution in [0.1, 0.15) is 0 Å². The summed E-state index contributed by atoms with van der Waals surface area (Å²) < 4.78 is 6.47. The van der Waals surface area contributed by atoms with E-state index in [4.69, 9.17) is 4.74 Å². The average molecular weight is 209 g/mol. The number of aromatic amines is 1. The first-order chi connectivity index (χ1) is 7.31. The molecule has 0 atom stereocenters. The average Bonchev–Trinajstić information content (AvgIpc) is 2.61. The third-order valence-corrected chi connectivity index (χ3v) is 1.85. The fraction of sp³-hybridized carbons (Fsp3) is 0.375. The van der Waals surface area contributed by atoms with E-state index in [1.165, 1.54) is 0 Å². The molecule has 2 heterocycles. The zero-order valence-electron chi connectivity index (χ0n) is 8.23. The van der Waals surface area contributed by atoms with Crippen molar-refractivity contribution in [1.29, 1.82) is 0 Å². The Morgan fingerprint density at radius 1 is 1.60 bits per heavy atom. The van der Waals surface area contributed by atoms with E-state index in [0.717, 1.165) is 11.1 Å². The Labute approximate surface area is 85.1 Å². The van der Waals surface area contributed by atoms with Crippen LogP contribution in [0.25, 0.3) is 5.65 Å². The summed E-state index contributed by atoms with van der Waals surface area (Å²) >= 11 is 0. The number of nitrogens with zero attached hydrogens (tertiary/aromatic N) is 3. The number of ether oxygens (including phenoxy) is 1. The first kappa shape index (κ1) is 9.66. The molecule has 0 aliphatic heterocycles. The Morgan fingerprint density at radius 2 is 2.47 bits per heavy atom. The summed E-state index contributed by atoms with van der Waals surface area (Å²) in [5.41, 5.74) is 0.102. The lowest BCUT2D eigenvalue weighted by Crippen LogP contribution is -2.18. The number of nitrogens with one attached hydrogen (secondary N) is 2. The smallest absolute Gasteiger partial charge is 0.364 e. The van der Waals surface area contributed by atoms with Crippen molar-refractivity contribution in [2.24, 2.45) is 0 Å². The van der Waals surface area contributed by atoms with E-state index in [9.17, 15) is 4.79 Å². The van der Waals surface area contributed by atoms with Crippen LogP contribution in [0.5, 0.6) is 5.88 Å². The molecule has 0 amide bonds. The molecule has 0 aliphatic rings. The van der Waals surface area contributed by atoms with Gasteiger partial charge in [-0.15, -0.1) is 5.10 Å². The lowest BCUT2D eigenvalue weighted by Gasteiger charge is -2.03. The molecule has 0 aliphatic carbocycles. The number of likely N-dealkylation sites (N-methyl/N-ethyl adjacent to an activating group) is 1. The highest BCUT2D eigenvalue weighted by molar-refractivity contribution is 5.35. The molecule has 0 unspecified atom stereocenters. The van der Waals surface area contributed by atoms with Crippen molar-refractivity contribution in [2.75, 3.05) is 20.2 Å². The third-order valence-electron chi connectivity index (χ3n) is 1.85. The van der Waals surface area contributed by atoms with E-state index in [0.29, 0.717) is 18.1 Å². The van der Waals surface area contributed by atoms with Crippen LogP contribution in [0.2, 0.25) is 0 Å². The molecule has 0 fully saturated rings. The monoisotopic (exact) mass is 209 g/mol. The number of hydrogen-bond acceptors (Lipinski definition) is 5. The number of rotatable bonds is 4. The van der Waals surface area contributed by atoms with Gasteiger partial charge in [-0.25, -0.2) is 9.89 Å². The molecule has 2 aromatic rings. The number of H-pyrrole nitrogens is 1. The Morgan fingerprint density at radius 3 is 3.27 bits per heavy atom. The highest BCUT2D eigenvalue weighted by Crippen LogP contribution is 2.04. The first-order valence-electron chi connectivity index (χ1n) is 4.53. The predicted octanol–water partition coefficient (Wildman–Crippen LogP) is -0.984. The Kier molecular flexibility index (Phi) is 2.64. The molecule has 0 bridgehead atoms. The van der Waals surface area contributed by atoms with Crippen molar-refractivity contribution < 1.29 is 4.74 Å². The van der Waals surface area contributed by atoms with E-state index in [2.05, 4.69) is 20.6 Å². The zero-order valence-corrected chi connectivity index (χ0v) is 8.23. The predicted molar refractivity (Wildman–Crippen MR) is 53.0 cm³/mol. The molecule has 0 saturated heterocycles. The van der Waals surface area contributed by atoms with E-state index >= 15 is 0 Å². The second-order valence-electron chi connectivity index (χ2n) is 2.92. The zero-order chi connectivity index (χ0) is 10.7. The molecule has 0 spiro atoms. The van der Waals surface area contributed by atoms with Crippen LogP contribution in [0.3, 0.4) is 0 Å². The van der Waals surface area contributed by atoms with Gasteiger partial charge in [0.1, 0.15) is 6.61 Å². The van der Waals surface area contributed by atoms with Gasteiger partial charge in [0.15, 0.2) is 5.65 Å². The van der Waals surface area contributed by atoms with E-state index in [1.54, 1.807) is 12.1 Å². The molecule has 0 saturated carbocycles. The highest BCUT2D eigenvalue weighted by Gasteiger charge is 2.02. The molecule has 2 N–H and O–H groups in total. The molecule has 7 nitrogen and oxygen atoms in total. The third kappa shape index (κ3) is 1.96. The summed E-state index contributed by atoms with van der Waals surface area (Å²) in [5.74, 6) is 0.404. The van der Waals surface area contributed by atoms with Crippen LogP contribution < -0.4 is 15.7 Å². The van der Waals surface area contributed by atoms with Crippen molar-refractivity contribution in [3.8, 4) is 5.88 Å². The molecule has 0 aromatic carbocycles.